The average Bonchev–Trinajstić information content (AvgIpc) is 2.46. The molecule has 0 saturated heterocycles. The molecule has 5 heteroatoms. The lowest BCUT2D eigenvalue weighted by Gasteiger charge is -2.05. The monoisotopic (exact) mass is 365 g/mol. The van der Waals surface area contributed by atoms with Gasteiger partial charge in [0, 0.05) is 9.64 Å². The lowest BCUT2D eigenvalue weighted by Crippen LogP contribution is -2.07. The molecule has 2 aromatic rings. The fraction of sp³-hybridized carbons (Fsp3) is 0.143. The molecule has 2 rings (SSSR count). The highest BCUT2D eigenvalue weighted by atomic mass is 123. The summed E-state index contributed by atoms with van der Waals surface area (Å²) in [6.45, 7) is 0.231. The normalized spacial score (nSPS) is 10.0. The molecule has 0 fully saturated rings. The van der Waals surface area contributed by atoms with Gasteiger partial charge in [-0.2, -0.15) is 0 Å². The molecule has 0 aliphatic rings. The van der Waals surface area contributed by atoms with E-state index >= 15 is 0 Å². The summed E-state index contributed by atoms with van der Waals surface area (Å²) in [4.78, 5) is 15.8. The SMILES string of the molecule is COc1cccc(C(=O)OCc2ccc([123I])cc2)n1. The Kier molecular flexibility index (Phi) is 4.73. The highest BCUT2D eigenvalue weighted by Crippen LogP contribution is 2.11. The van der Waals surface area contributed by atoms with Crippen molar-refractivity contribution >= 4 is 28.6 Å². The summed E-state index contributed by atoms with van der Waals surface area (Å²) in [5.74, 6) is -0.0684. The van der Waals surface area contributed by atoms with E-state index in [4.69, 9.17) is 9.47 Å². The van der Waals surface area contributed by atoms with Crippen LogP contribution in [0.15, 0.2) is 42.5 Å². The molecule has 0 N–H and O–H groups in total. The Morgan fingerprint density at radius 2 is 1.95 bits per heavy atom. The maximum absolute atomic E-state index is 11.8. The van der Waals surface area contributed by atoms with Gasteiger partial charge in [0.25, 0.3) is 0 Å². The van der Waals surface area contributed by atoms with Crippen LogP contribution >= 0.6 is 22.6 Å². The molecule has 19 heavy (non-hydrogen) atoms. The van der Waals surface area contributed by atoms with E-state index in [9.17, 15) is 4.79 Å². The van der Waals surface area contributed by atoms with Crippen molar-refractivity contribution < 1.29 is 14.3 Å². The summed E-state index contributed by atoms with van der Waals surface area (Å²) in [5.41, 5.74) is 1.18. The van der Waals surface area contributed by atoms with Gasteiger partial charge in [0.05, 0.1) is 7.11 Å². The van der Waals surface area contributed by atoms with Crippen LogP contribution in [0, 0.1) is 3.57 Å². The number of esters is 1. The minimum absolute atomic E-state index is 0.231. The molecule has 0 atom stereocenters. The molecule has 0 spiro atoms. The van der Waals surface area contributed by atoms with Crippen molar-refractivity contribution in [1.82, 2.24) is 4.98 Å². The summed E-state index contributed by atoms with van der Waals surface area (Å²) < 4.78 is 11.3. The molecular formula is C14H12INO3. The van der Waals surface area contributed by atoms with E-state index in [1.165, 1.54) is 7.11 Å². The first kappa shape index (κ1) is 13.8. The number of rotatable bonds is 4. The molecule has 0 aliphatic carbocycles. The summed E-state index contributed by atoms with van der Waals surface area (Å²) in [7, 11) is 1.50. The van der Waals surface area contributed by atoms with E-state index in [1.807, 2.05) is 24.3 Å². The Hall–Kier alpha value is -1.63. The highest BCUT2D eigenvalue weighted by Gasteiger charge is 2.10. The van der Waals surface area contributed by atoms with Gasteiger partial charge in [0.1, 0.15) is 6.61 Å². The zero-order valence-electron chi connectivity index (χ0n) is 10.3. The van der Waals surface area contributed by atoms with Crippen molar-refractivity contribution in [2.45, 2.75) is 6.61 Å². The minimum atomic E-state index is -0.461. The number of hydrogen-bond acceptors (Lipinski definition) is 4. The number of methoxy groups -OCH3 is 1. The van der Waals surface area contributed by atoms with Gasteiger partial charge in [-0.3, -0.25) is 0 Å². The van der Waals surface area contributed by atoms with Gasteiger partial charge in [-0.05, 0) is 46.4 Å². The van der Waals surface area contributed by atoms with Crippen molar-refractivity contribution in [2.24, 2.45) is 0 Å². The Bertz CT molecular complexity index is 569. The fourth-order valence-corrected chi connectivity index (χ4v) is 1.81. The maximum Gasteiger partial charge on any atom is 0.357 e. The van der Waals surface area contributed by atoms with Crippen molar-refractivity contribution in [3.63, 3.8) is 0 Å². The number of carbonyl (C=O) groups is 1. The zero-order valence-corrected chi connectivity index (χ0v) is 12.5. The fourth-order valence-electron chi connectivity index (χ4n) is 1.45. The molecule has 1 heterocycles. The topological polar surface area (TPSA) is 48.4 Å². The van der Waals surface area contributed by atoms with Crippen molar-refractivity contribution in [1.29, 1.82) is 0 Å². The second-order valence-electron chi connectivity index (χ2n) is 3.77. The van der Waals surface area contributed by atoms with Gasteiger partial charge >= 0.3 is 5.97 Å². The number of carbonyl (C=O) groups excluding carboxylic acids is 1. The van der Waals surface area contributed by atoms with Crippen LogP contribution in [0.25, 0.3) is 0 Å². The third-order valence-corrected chi connectivity index (χ3v) is 3.14. The summed E-state index contributed by atoms with van der Waals surface area (Å²) in [5, 5.41) is 0. The average molecular weight is 365 g/mol. The van der Waals surface area contributed by atoms with Crippen molar-refractivity contribution in [3.8, 4) is 5.88 Å². The molecule has 0 saturated carbocycles. The van der Waals surface area contributed by atoms with E-state index in [-0.39, 0.29) is 12.3 Å². The first-order valence-electron chi connectivity index (χ1n) is 5.61. The van der Waals surface area contributed by atoms with Gasteiger partial charge in [-0.15, -0.1) is 0 Å². The van der Waals surface area contributed by atoms with E-state index in [0.717, 1.165) is 9.13 Å². The molecule has 98 valence electrons. The second kappa shape index (κ2) is 6.51. The van der Waals surface area contributed by atoms with Crippen LogP contribution < -0.4 is 4.74 Å². The second-order valence-corrected chi connectivity index (χ2v) is 5.01. The molecule has 1 aromatic carbocycles. The van der Waals surface area contributed by atoms with Gasteiger partial charge in [0.2, 0.25) is 5.88 Å². The van der Waals surface area contributed by atoms with Gasteiger partial charge < -0.3 is 9.47 Å². The van der Waals surface area contributed by atoms with E-state index in [0.29, 0.717) is 5.88 Å². The molecule has 0 amide bonds. The van der Waals surface area contributed by atoms with Crippen molar-refractivity contribution in [3.05, 3.63) is 57.3 Å². The van der Waals surface area contributed by atoms with Crippen LogP contribution in [0.2, 0.25) is 0 Å². The Balaban J connectivity index is 1.99. The standard InChI is InChI=1S/C14H12INO3/c1-18-13-4-2-3-12(16-13)14(17)19-9-10-5-7-11(15)8-6-10/h2-8H,9H2,1H3/i15-4. The van der Waals surface area contributed by atoms with Crippen molar-refractivity contribution in [2.75, 3.05) is 7.11 Å². The molecule has 0 unspecified atom stereocenters. The third kappa shape index (κ3) is 3.92. The number of hydrogen-bond donors (Lipinski definition) is 0. The summed E-state index contributed by atoms with van der Waals surface area (Å²) in [6.07, 6.45) is 0. The summed E-state index contributed by atoms with van der Waals surface area (Å²) in [6, 6.07) is 12.8. The molecule has 4 nitrogen and oxygen atoms in total. The predicted octanol–water partition coefficient (Wildman–Crippen LogP) is 3.05. The first-order valence-corrected chi connectivity index (χ1v) is 6.69. The molecule has 1 aromatic heterocycles. The first-order chi connectivity index (χ1) is 9.19. The van der Waals surface area contributed by atoms with E-state index in [2.05, 4.69) is 27.6 Å². The van der Waals surface area contributed by atoms with E-state index < -0.39 is 5.97 Å². The smallest absolute Gasteiger partial charge is 0.357 e. The summed E-state index contributed by atoms with van der Waals surface area (Å²) >= 11 is 2.22. The van der Waals surface area contributed by atoms with Crippen LogP contribution in [0.4, 0.5) is 0 Å². The third-order valence-electron chi connectivity index (χ3n) is 2.43. The van der Waals surface area contributed by atoms with Crippen LogP contribution in [0.3, 0.4) is 0 Å². The zero-order chi connectivity index (χ0) is 13.7. The van der Waals surface area contributed by atoms with Gasteiger partial charge in [-0.25, -0.2) is 9.78 Å². The molecule has 0 radical (unpaired) electrons. The quantitative estimate of drug-likeness (QED) is 0.617. The number of aromatic nitrogens is 1. The number of benzene rings is 1. The number of pyridine rings is 1. The molecular weight excluding hydrogens is 353 g/mol. The Morgan fingerprint density at radius 1 is 1.21 bits per heavy atom. The highest BCUT2D eigenvalue weighted by molar-refractivity contribution is 14.1. The molecule has 0 bridgehead atoms. The van der Waals surface area contributed by atoms with Crippen LogP contribution in [0.5, 0.6) is 5.88 Å². The maximum atomic E-state index is 11.8. The van der Waals surface area contributed by atoms with Gasteiger partial charge in [0.15, 0.2) is 5.69 Å². The number of nitrogens with zero attached hydrogens (tertiary/aromatic N) is 1. The van der Waals surface area contributed by atoms with Crippen LogP contribution in [-0.4, -0.2) is 18.1 Å². The largest absolute Gasteiger partial charge is 0.481 e. The Morgan fingerprint density at radius 3 is 2.63 bits per heavy atom. The van der Waals surface area contributed by atoms with Gasteiger partial charge in [-0.1, -0.05) is 18.2 Å². The molecule has 0 aliphatic heterocycles. The van der Waals surface area contributed by atoms with Crippen LogP contribution in [0.1, 0.15) is 16.1 Å². The lowest BCUT2D eigenvalue weighted by atomic mass is 10.2. The predicted molar refractivity (Wildman–Crippen MR) is 79.1 cm³/mol. The number of halogens is 1. The number of ether oxygens (including phenoxy) is 2. The van der Waals surface area contributed by atoms with Crippen LogP contribution in [-0.2, 0) is 11.3 Å². The Labute approximate surface area is 124 Å². The van der Waals surface area contributed by atoms with E-state index in [1.54, 1.807) is 18.2 Å². The minimum Gasteiger partial charge on any atom is -0.481 e. The lowest BCUT2D eigenvalue weighted by molar-refractivity contribution is 0.0464.